The van der Waals surface area contributed by atoms with E-state index in [1.165, 1.54) is 5.01 Å². The summed E-state index contributed by atoms with van der Waals surface area (Å²) in [7, 11) is 0. The van der Waals surface area contributed by atoms with Crippen LogP contribution in [0, 0.1) is 0 Å². The molecule has 1 aliphatic rings. The van der Waals surface area contributed by atoms with Crippen LogP contribution >= 0.6 is 0 Å². The van der Waals surface area contributed by atoms with Crippen molar-refractivity contribution in [1.82, 2.24) is 10.3 Å². The third kappa shape index (κ3) is 6.11. The monoisotopic (exact) mass is 424 g/mol. The highest BCUT2D eigenvalue weighted by Crippen LogP contribution is 2.26. The first-order chi connectivity index (χ1) is 14.8. The highest BCUT2D eigenvalue weighted by molar-refractivity contribution is 6.40. The fourth-order valence-electron chi connectivity index (χ4n) is 3.22. The first-order valence-electron chi connectivity index (χ1n) is 10.2. The molecule has 0 saturated carbocycles. The van der Waals surface area contributed by atoms with E-state index < -0.39 is 29.6 Å². The minimum atomic E-state index is -0.745. The van der Waals surface area contributed by atoms with Gasteiger partial charge in [0.1, 0.15) is 11.3 Å². The van der Waals surface area contributed by atoms with E-state index >= 15 is 0 Å². The van der Waals surface area contributed by atoms with Crippen molar-refractivity contribution in [3.8, 4) is 0 Å². The third-order valence-corrected chi connectivity index (χ3v) is 4.61. The molecular weight excluding hydrogens is 396 g/mol. The number of carbonyl (C=O) groups excluding carboxylic acids is 2. The maximum absolute atomic E-state index is 12.9. The number of pyridine rings is 1. The van der Waals surface area contributed by atoms with Crippen molar-refractivity contribution in [1.29, 1.82) is 0 Å². The Labute approximate surface area is 181 Å². The molecule has 1 aromatic heterocycles. The van der Waals surface area contributed by atoms with Crippen LogP contribution in [-0.4, -0.2) is 52.0 Å². The van der Waals surface area contributed by atoms with Gasteiger partial charge in [-0.1, -0.05) is 24.3 Å². The number of aliphatic hydroxyl groups excluding tert-OH is 1. The minimum Gasteiger partial charge on any atom is -0.458 e. The molecule has 1 aromatic carbocycles. The molecule has 3 rings (SSSR count). The Morgan fingerprint density at radius 3 is 2.52 bits per heavy atom. The lowest BCUT2D eigenvalue weighted by Crippen LogP contribution is -2.43. The summed E-state index contributed by atoms with van der Waals surface area (Å²) < 4.78 is 5.55. The summed E-state index contributed by atoms with van der Waals surface area (Å²) in [5.74, 6) is -0.878. The summed E-state index contributed by atoms with van der Waals surface area (Å²) in [4.78, 5) is 29.9. The number of anilines is 1. The number of para-hydroxylation sites is 1. The van der Waals surface area contributed by atoms with Crippen molar-refractivity contribution in [2.45, 2.75) is 51.3 Å². The third-order valence-electron chi connectivity index (χ3n) is 4.61. The van der Waals surface area contributed by atoms with Crippen LogP contribution in [0.1, 0.15) is 32.9 Å². The molecule has 2 aromatic rings. The zero-order valence-corrected chi connectivity index (χ0v) is 18.0. The van der Waals surface area contributed by atoms with Gasteiger partial charge in [-0.05, 0) is 45.0 Å². The highest BCUT2D eigenvalue weighted by Gasteiger charge is 2.39. The molecule has 2 atom stereocenters. The van der Waals surface area contributed by atoms with E-state index in [0.29, 0.717) is 12.1 Å². The molecule has 8 nitrogen and oxygen atoms in total. The molecular formula is C23H28N4O4. The van der Waals surface area contributed by atoms with Gasteiger partial charge >= 0.3 is 5.97 Å². The lowest BCUT2D eigenvalue weighted by atomic mass is 10.1. The molecule has 0 saturated heterocycles. The van der Waals surface area contributed by atoms with Gasteiger partial charge < -0.3 is 15.2 Å². The van der Waals surface area contributed by atoms with E-state index in [2.05, 4.69) is 15.4 Å². The van der Waals surface area contributed by atoms with Gasteiger partial charge in [-0.3, -0.25) is 14.8 Å². The highest BCUT2D eigenvalue weighted by atomic mass is 16.6. The normalized spacial score (nSPS) is 17.1. The number of amides is 1. The molecule has 0 radical (unpaired) electrons. The van der Waals surface area contributed by atoms with Gasteiger partial charge in [-0.2, -0.15) is 5.10 Å². The lowest BCUT2D eigenvalue weighted by molar-refractivity contribution is -0.156. The van der Waals surface area contributed by atoms with E-state index in [0.717, 1.165) is 5.69 Å². The molecule has 1 aliphatic heterocycles. The Morgan fingerprint density at radius 1 is 1.19 bits per heavy atom. The molecule has 0 bridgehead atoms. The molecule has 2 heterocycles. The number of aromatic nitrogens is 1. The fraction of sp³-hybridized carbons (Fsp3) is 0.391. The number of nitrogens with one attached hydrogen (secondary N) is 1. The second kappa shape index (κ2) is 9.70. The fourth-order valence-corrected chi connectivity index (χ4v) is 3.22. The van der Waals surface area contributed by atoms with Crippen LogP contribution < -0.4 is 10.3 Å². The predicted molar refractivity (Wildman–Crippen MR) is 118 cm³/mol. The Balaban J connectivity index is 1.76. The van der Waals surface area contributed by atoms with Crippen LogP contribution in [0.25, 0.3) is 0 Å². The summed E-state index contributed by atoms with van der Waals surface area (Å²) in [6, 6.07) is 13.4. The number of carbonyl (C=O) groups is 2. The van der Waals surface area contributed by atoms with Crippen LogP contribution in [0.5, 0.6) is 0 Å². The summed E-state index contributed by atoms with van der Waals surface area (Å²) in [5, 5.41) is 18.5. The molecule has 0 fully saturated rings. The van der Waals surface area contributed by atoms with Crippen molar-refractivity contribution >= 4 is 23.3 Å². The average Bonchev–Trinajstić information content (AvgIpc) is 3.19. The van der Waals surface area contributed by atoms with Gasteiger partial charge in [0.25, 0.3) is 5.91 Å². The molecule has 0 spiro atoms. The van der Waals surface area contributed by atoms with E-state index in [4.69, 9.17) is 4.74 Å². The SMILES string of the molecule is CC(C)(C)OC(=O)[C@H]1CC(C(=O)N[C@H](CO)Cc2ccccn2)=NN1c1ccccc1. The van der Waals surface area contributed by atoms with Crippen molar-refractivity contribution in [3.05, 3.63) is 60.4 Å². The average molecular weight is 425 g/mol. The Morgan fingerprint density at radius 2 is 1.90 bits per heavy atom. The second-order valence-electron chi connectivity index (χ2n) is 8.36. The number of hydrazone groups is 1. The van der Waals surface area contributed by atoms with Gasteiger partial charge in [-0.25, -0.2) is 4.79 Å². The van der Waals surface area contributed by atoms with Crippen molar-refractivity contribution < 1.29 is 19.4 Å². The molecule has 1 amide bonds. The van der Waals surface area contributed by atoms with E-state index in [9.17, 15) is 14.7 Å². The Kier molecular flexibility index (Phi) is 7.02. The van der Waals surface area contributed by atoms with Crippen molar-refractivity contribution in [2.75, 3.05) is 11.6 Å². The van der Waals surface area contributed by atoms with E-state index in [1.807, 2.05) is 42.5 Å². The lowest BCUT2D eigenvalue weighted by Gasteiger charge is -2.26. The number of rotatable bonds is 7. The zero-order chi connectivity index (χ0) is 22.4. The van der Waals surface area contributed by atoms with Gasteiger partial charge in [-0.15, -0.1) is 0 Å². The largest absolute Gasteiger partial charge is 0.458 e. The first-order valence-corrected chi connectivity index (χ1v) is 10.2. The maximum atomic E-state index is 12.9. The second-order valence-corrected chi connectivity index (χ2v) is 8.36. The van der Waals surface area contributed by atoms with Crippen molar-refractivity contribution in [3.63, 3.8) is 0 Å². The van der Waals surface area contributed by atoms with Crippen LogP contribution in [0.2, 0.25) is 0 Å². The summed E-state index contributed by atoms with van der Waals surface area (Å²) >= 11 is 0. The number of hydrogen-bond acceptors (Lipinski definition) is 7. The minimum absolute atomic E-state index is 0.109. The van der Waals surface area contributed by atoms with Gasteiger partial charge in [0.2, 0.25) is 0 Å². The van der Waals surface area contributed by atoms with Crippen LogP contribution in [0.3, 0.4) is 0 Å². The smallest absolute Gasteiger partial charge is 0.331 e. The molecule has 31 heavy (non-hydrogen) atoms. The van der Waals surface area contributed by atoms with E-state index in [1.54, 1.807) is 33.0 Å². The van der Waals surface area contributed by atoms with Gasteiger partial charge in [0, 0.05) is 24.7 Å². The number of benzene rings is 1. The number of nitrogens with zero attached hydrogens (tertiary/aromatic N) is 3. The molecule has 8 heteroatoms. The number of aliphatic hydroxyl groups is 1. The quantitative estimate of drug-likeness (QED) is 0.660. The number of ether oxygens (including phenoxy) is 1. The van der Waals surface area contributed by atoms with Crippen LogP contribution in [0.15, 0.2) is 59.8 Å². The number of esters is 1. The molecule has 0 aliphatic carbocycles. The maximum Gasteiger partial charge on any atom is 0.331 e. The van der Waals surface area contributed by atoms with Gasteiger partial charge in [0.15, 0.2) is 6.04 Å². The standard InChI is InChI=1S/C23H28N4O4/c1-23(2,3)31-22(30)20-14-19(26-27(20)18-10-5-4-6-11-18)21(29)25-17(15-28)13-16-9-7-8-12-24-16/h4-12,17,20,28H,13-15H2,1-3H3,(H,25,29)/t17-,20+/m0/s1. The number of hydrogen-bond donors (Lipinski definition) is 2. The molecule has 0 unspecified atom stereocenters. The van der Waals surface area contributed by atoms with Crippen molar-refractivity contribution in [2.24, 2.45) is 5.10 Å². The summed E-state index contributed by atoms with van der Waals surface area (Å²) in [5.41, 5.74) is 0.995. The molecule has 2 N–H and O–H groups in total. The Hall–Kier alpha value is -3.26. The molecule has 164 valence electrons. The topological polar surface area (TPSA) is 104 Å². The van der Waals surface area contributed by atoms with Crippen LogP contribution in [0.4, 0.5) is 5.69 Å². The van der Waals surface area contributed by atoms with E-state index in [-0.39, 0.29) is 18.7 Å². The Bertz CT molecular complexity index is 926. The summed E-state index contributed by atoms with van der Waals surface area (Å²) in [6.07, 6.45) is 2.15. The predicted octanol–water partition coefficient (Wildman–Crippen LogP) is 2.08. The summed E-state index contributed by atoms with van der Waals surface area (Å²) in [6.45, 7) is 5.15. The first kappa shape index (κ1) is 22.4. The van der Waals surface area contributed by atoms with Crippen LogP contribution in [-0.2, 0) is 20.7 Å². The zero-order valence-electron chi connectivity index (χ0n) is 18.0. The van der Waals surface area contributed by atoms with Gasteiger partial charge in [0.05, 0.1) is 18.3 Å².